The van der Waals surface area contributed by atoms with Crippen LogP contribution in [-0.2, 0) is 10.2 Å². The summed E-state index contributed by atoms with van der Waals surface area (Å²) in [6, 6.07) is 13.7. The standard InChI is InChI=1S/C24H30N2O/c1-17-24(2,3)23-20-12-5-4-9-18(20)14-15-21(23)26(17)16-7-6-13-22(27)25-19-10-8-11-19/h4-5,9,12,14-15,19H,6-8,10-11,13,16H2,1-3H3/p+1. The lowest BCUT2D eigenvalue weighted by molar-refractivity contribution is -0.439. The molecule has 0 spiro atoms. The molecule has 0 aromatic heterocycles. The fourth-order valence-corrected chi connectivity index (χ4v) is 4.54. The smallest absolute Gasteiger partial charge is 0.220 e. The Hall–Kier alpha value is -2.16. The summed E-state index contributed by atoms with van der Waals surface area (Å²) < 4.78 is 2.48. The van der Waals surface area contributed by atoms with Crippen LogP contribution in [0.25, 0.3) is 10.8 Å². The van der Waals surface area contributed by atoms with Gasteiger partial charge in [0.15, 0.2) is 5.71 Å². The maximum Gasteiger partial charge on any atom is 0.220 e. The average molecular weight is 364 g/mol. The van der Waals surface area contributed by atoms with E-state index < -0.39 is 0 Å². The number of fused-ring (bicyclic) bond motifs is 3. The highest BCUT2D eigenvalue weighted by Gasteiger charge is 2.43. The number of unbranched alkanes of at least 4 members (excludes halogenated alkanes) is 1. The van der Waals surface area contributed by atoms with E-state index in [0.29, 0.717) is 12.5 Å². The van der Waals surface area contributed by atoms with Crippen molar-refractivity contribution in [3.8, 4) is 0 Å². The van der Waals surface area contributed by atoms with Crippen molar-refractivity contribution < 1.29 is 9.37 Å². The Morgan fingerprint density at radius 1 is 1.15 bits per heavy atom. The molecule has 0 unspecified atom stereocenters. The van der Waals surface area contributed by atoms with Gasteiger partial charge in [0.25, 0.3) is 0 Å². The SMILES string of the molecule is CC1=[N+](CCCCC(=O)NC2CCC2)c2ccc3ccccc3c2C1(C)C. The number of carbonyl (C=O) groups is 1. The van der Waals surface area contributed by atoms with Crippen LogP contribution in [0.3, 0.4) is 0 Å². The van der Waals surface area contributed by atoms with Gasteiger partial charge in [-0.3, -0.25) is 4.79 Å². The predicted molar refractivity (Wildman–Crippen MR) is 112 cm³/mol. The van der Waals surface area contributed by atoms with Crippen LogP contribution in [0.4, 0.5) is 5.69 Å². The summed E-state index contributed by atoms with van der Waals surface area (Å²) in [5.74, 6) is 0.230. The fraction of sp³-hybridized carbons (Fsp3) is 0.500. The molecule has 0 radical (unpaired) electrons. The summed E-state index contributed by atoms with van der Waals surface area (Å²) in [7, 11) is 0. The van der Waals surface area contributed by atoms with Crippen molar-refractivity contribution in [2.24, 2.45) is 0 Å². The van der Waals surface area contributed by atoms with E-state index in [9.17, 15) is 4.79 Å². The van der Waals surface area contributed by atoms with Gasteiger partial charge in [-0.15, -0.1) is 0 Å². The zero-order valence-electron chi connectivity index (χ0n) is 16.8. The predicted octanol–water partition coefficient (Wildman–Crippen LogP) is 5.07. The maximum atomic E-state index is 12.0. The molecule has 0 bridgehead atoms. The lowest BCUT2D eigenvalue weighted by atomic mass is 9.80. The molecule has 142 valence electrons. The molecule has 1 aliphatic heterocycles. The van der Waals surface area contributed by atoms with Gasteiger partial charge in [-0.2, -0.15) is 4.58 Å². The molecule has 1 aliphatic carbocycles. The van der Waals surface area contributed by atoms with E-state index in [1.54, 1.807) is 0 Å². The van der Waals surface area contributed by atoms with Gasteiger partial charge in [0, 0.05) is 37.4 Å². The van der Waals surface area contributed by atoms with Gasteiger partial charge in [0.1, 0.15) is 6.54 Å². The Kier molecular flexibility index (Phi) is 4.79. The highest BCUT2D eigenvalue weighted by molar-refractivity contribution is 6.01. The molecule has 3 heteroatoms. The fourth-order valence-electron chi connectivity index (χ4n) is 4.54. The minimum absolute atomic E-state index is 0.0395. The largest absolute Gasteiger partial charge is 0.353 e. The van der Waals surface area contributed by atoms with Crippen LogP contribution >= 0.6 is 0 Å². The Morgan fingerprint density at radius 2 is 1.93 bits per heavy atom. The molecule has 27 heavy (non-hydrogen) atoms. The molecule has 1 N–H and O–H groups in total. The van der Waals surface area contributed by atoms with Gasteiger partial charge < -0.3 is 5.32 Å². The van der Waals surface area contributed by atoms with Crippen LogP contribution in [-0.4, -0.2) is 28.8 Å². The van der Waals surface area contributed by atoms with Gasteiger partial charge in [-0.05, 0) is 56.4 Å². The second kappa shape index (κ2) is 7.10. The molecule has 3 nitrogen and oxygen atoms in total. The molecule has 4 rings (SSSR count). The highest BCUT2D eigenvalue weighted by Crippen LogP contribution is 2.43. The van der Waals surface area contributed by atoms with Crippen LogP contribution in [0.1, 0.15) is 64.9 Å². The molecular formula is C24H31N2O+. The first-order valence-corrected chi connectivity index (χ1v) is 10.4. The van der Waals surface area contributed by atoms with Gasteiger partial charge in [-0.1, -0.05) is 24.3 Å². The third kappa shape index (κ3) is 3.28. The summed E-state index contributed by atoms with van der Waals surface area (Å²) in [5.41, 5.74) is 4.24. The van der Waals surface area contributed by atoms with E-state index in [2.05, 4.69) is 67.1 Å². The number of hydrogen-bond donors (Lipinski definition) is 1. The van der Waals surface area contributed by atoms with Crippen LogP contribution in [0.5, 0.6) is 0 Å². The second-order valence-electron chi connectivity index (χ2n) is 8.70. The van der Waals surface area contributed by atoms with Crippen molar-refractivity contribution in [1.29, 1.82) is 0 Å². The zero-order valence-corrected chi connectivity index (χ0v) is 16.8. The number of nitrogens with zero attached hydrogens (tertiary/aromatic N) is 1. The van der Waals surface area contributed by atoms with Crippen LogP contribution < -0.4 is 5.32 Å². The first kappa shape index (κ1) is 18.2. The van der Waals surface area contributed by atoms with Gasteiger partial charge >= 0.3 is 0 Å². The number of carbonyl (C=O) groups excluding carboxylic acids is 1. The topological polar surface area (TPSA) is 32.1 Å². The van der Waals surface area contributed by atoms with E-state index in [1.807, 2.05) is 0 Å². The van der Waals surface area contributed by atoms with Crippen LogP contribution in [0.2, 0.25) is 0 Å². The zero-order chi connectivity index (χ0) is 19.0. The van der Waals surface area contributed by atoms with E-state index in [4.69, 9.17) is 0 Å². The van der Waals surface area contributed by atoms with Gasteiger partial charge in [0.05, 0.1) is 5.41 Å². The number of rotatable bonds is 6. The van der Waals surface area contributed by atoms with E-state index >= 15 is 0 Å². The van der Waals surface area contributed by atoms with E-state index in [0.717, 1.165) is 32.2 Å². The van der Waals surface area contributed by atoms with E-state index in [-0.39, 0.29) is 11.3 Å². The van der Waals surface area contributed by atoms with Crippen LogP contribution in [0.15, 0.2) is 36.4 Å². The number of benzene rings is 2. The second-order valence-corrected chi connectivity index (χ2v) is 8.70. The highest BCUT2D eigenvalue weighted by atomic mass is 16.1. The van der Waals surface area contributed by atoms with E-state index in [1.165, 1.54) is 34.2 Å². The van der Waals surface area contributed by atoms with Crippen molar-refractivity contribution in [2.45, 2.75) is 70.8 Å². The molecule has 0 saturated heterocycles. The third-order valence-electron chi connectivity index (χ3n) is 6.64. The van der Waals surface area contributed by atoms with Crippen molar-refractivity contribution in [3.05, 3.63) is 42.0 Å². The molecule has 0 atom stereocenters. The Labute approximate surface area is 162 Å². The maximum absolute atomic E-state index is 12.0. The molecule has 1 fully saturated rings. The lowest BCUT2D eigenvalue weighted by Crippen LogP contribution is -2.39. The van der Waals surface area contributed by atoms with Crippen molar-refractivity contribution in [2.75, 3.05) is 6.54 Å². The molecule has 2 aromatic rings. The molecular weight excluding hydrogens is 332 g/mol. The molecule has 1 heterocycles. The lowest BCUT2D eigenvalue weighted by Gasteiger charge is -2.26. The van der Waals surface area contributed by atoms with Crippen LogP contribution in [0, 0.1) is 0 Å². The third-order valence-corrected chi connectivity index (χ3v) is 6.64. The van der Waals surface area contributed by atoms with Crippen molar-refractivity contribution in [3.63, 3.8) is 0 Å². The monoisotopic (exact) mass is 363 g/mol. The summed E-state index contributed by atoms with van der Waals surface area (Å²) in [4.78, 5) is 12.0. The Balaban J connectivity index is 1.46. The number of nitrogens with one attached hydrogen (secondary N) is 1. The normalized spacial score (nSPS) is 18.5. The van der Waals surface area contributed by atoms with Crippen molar-refractivity contribution in [1.82, 2.24) is 5.32 Å². The Bertz CT molecular complexity index is 906. The molecule has 2 aromatic carbocycles. The summed E-state index contributed by atoms with van der Waals surface area (Å²) >= 11 is 0. The number of hydrogen-bond acceptors (Lipinski definition) is 1. The summed E-state index contributed by atoms with van der Waals surface area (Å²) in [5, 5.41) is 5.82. The van der Waals surface area contributed by atoms with Gasteiger partial charge in [-0.25, -0.2) is 0 Å². The number of amides is 1. The minimum Gasteiger partial charge on any atom is -0.353 e. The first-order chi connectivity index (χ1) is 13.0. The molecule has 2 aliphatic rings. The minimum atomic E-state index is 0.0395. The Morgan fingerprint density at radius 3 is 2.67 bits per heavy atom. The van der Waals surface area contributed by atoms with Crippen molar-refractivity contribution >= 4 is 28.1 Å². The molecule has 1 saturated carbocycles. The van der Waals surface area contributed by atoms with Gasteiger partial charge in [0.2, 0.25) is 11.6 Å². The average Bonchev–Trinajstić information content (AvgIpc) is 2.82. The first-order valence-electron chi connectivity index (χ1n) is 10.4. The summed E-state index contributed by atoms with van der Waals surface area (Å²) in [6.45, 7) is 7.91. The molecule has 1 amide bonds. The summed E-state index contributed by atoms with van der Waals surface area (Å²) in [6.07, 6.45) is 6.22. The quantitative estimate of drug-likeness (QED) is 0.564.